The number of sulfonamides is 1. The molecule has 0 saturated carbocycles. The van der Waals surface area contributed by atoms with E-state index < -0.39 is 28.0 Å². The summed E-state index contributed by atoms with van der Waals surface area (Å²) >= 11 is 0. The Balaban J connectivity index is 1.74. The van der Waals surface area contributed by atoms with Crippen molar-refractivity contribution in [2.75, 3.05) is 26.7 Å². The molecule has 0 spiro atoms. The minimum Gasteiger partial charge on any atom is -0.487 e. The van der Waals surface area contributed by atoms with Crippen LogP contribution in [0.3, 0.4) is 0 Å². The van der Waals surface area contributed by atoms with E-state index in [-0.39, 0.29) is 47.7 Å². The Bertz CT molecular complexity index is 1370. The topological polar surface area (TPSA) is 100 Å². The van der Waals surface area contributed by atoms with Gasteiger partial charge in [-0.3, -0.25) is 9.78 Å². The summed E-state index contributed by atoms with van der Waals surface area (Å²) in [5.41, 5.74) is 1.79. The van der Waals surface area contributed by atoms with Crippen LogP contribution >= 0.6 is 0 Å². The van der Waals surface area contributed by atoms with Crippen molar-refractivity contribution in [1.82, 2.24) is 14.2 Å². The van der Waals surface area contributed by atoms with Gasteiger partial charge in [0.1, 0.15) is 22.6 Å². The molecule has 0 saturated heterocycles. The van der Waals surface area contributed by atoms with Gasteiger partial charge in [-0.15, -0.1) is 0 Å². The normalized spacial score (nSPS) is 20.1. The van der Waals surface area contributed by atoms with Crippen LogP contribution in [0.5, 0.6) is 5.75 Å². The number of rotatable bonds is 6. The summed E-state index contributed by atoms with van der Waals surface area (Å²) in [5, 5.41) is 9.81. The third kappa shape index (κ3) is 5.66. The highest BCUT2D eigenvalue weighted by Gasteiger charge is 2.38. The average molecular weight is 528 g/mol. The standard InChI is InChI=1S/C27H30FN3O5S/c1-18-15-31(19(2)17-32)37(34,35)26-8-7-21(20-9-11-29-12-10-20)14-24(26)36-25(18)16-30(3)27(33)22-5-4-6-23(28)13-22/h4-14,18-19,25,32H,15-17H2,1-3H3/t18-,19+,25+/m0/s1. The molecular formula is C27H30FN3O5S. The first-order valence-electron chi connectivity index (χ1n) is 12.0. The molecule has 0 bridgehead atoms. The fraction of sp³-hybridized carbons (Fsp3) is 0.333. The molecule has 3 atom stereocenters. The minimum absolute atomic E-state index is 0.0124. The van der Waals surface area contributed by atoms with Gasteiger partial charge in [0, 0.05) is 43.5 Å². The third-order valence-electron chi connectivity index (χ3n) is 6.55. The molecule has 0 radical (unpaired) electrons. The summed E-state index contributed by atoms with van der Waals surface area (Å²) in [6, 6.07) is 13.3. The van der Waals surface area contributed by atoms with Crippen molar-refractivity contribution in [3.8, 4) is 16.9 Å². The van der Waals surface area contributed by atoms with Crippen molar-refractivity contribution in [3.05, 3.63) is 78.4 Å². The second-order valence-electron chi connectivity index (χ2n) is 9.33. The molecule has 1 N–H and O–H groups in total. The number of nitrogens with zero attached hydrogens (tertiary/aromatic N) is 3. The predicted octanol–water partition coefficient (Wildman–Crippen LogP) is 3.43. The Morgan fingerprint density at radius 1 is 1.19 bits per heavy atom. The van der Waals surface area contributed by atoms with Crippen molar-refractivity contribution < 1.29 is 27.4 Å². The number of aliphatic hydroxyl groups excluding tert-OH is 1. The van der Waals surface area contributed by atoms with Gasteiger partial charge < -0.3 is 14.7 Å². The van der Waals surface area contributed by atoms with E-state index in [4.69, 9.17) is 4.74 Å². The number of hydrogen-bond acceptors (Lipinski definition) is 6. The SMILES string of the molecule is C[C@H](CO)N1C[C@H](C)[C@@H](CN(C)C(=O)c2cccc(F)c2)Oc2cc(-c3ccncc3)ccc2S1(=O)=O. The van der Waals surface area contributed by atoms with Crippen molar-refractivity contribution >= 4 is 15.9 Å². The number of amides is 1. The average Bonchev–Trinajstić information content (AvgIpc) is 2.90. The van der Waals surface area contributed by atoms with E-state index in [9.17, 15) is 22.7 Å². The quantitative estimate of drug-likeness (QED) is 0.527. The zero-order valence-corrected chi connectivity index (χ0v) is 21.7. The maximum absolute atomic E-state index is 13.7. The fourth-order valence-electron chi connectivity index (χ4n) is 4.36. The van der Waals surface area contributed by atoms with Gasteiger partial charge in [-0.2, -0.15) is 4.31 Å². The van der Waals surface area contributed by atoms with E-state index in [2.05, 4.69) is 4.98 Å². The van der Waals surface area contributed by atoms with Crippen LogP contribution in [0, 0.1) is 11.7 Å². The number of carbonyl (C=O) groups is 1. The van der Waals surface area contributed by atoms with Crippen LogP contribution in [0.2, 0.25) is 0 Å². The molecule has 0 aliphatic carbocycles. The Hall–Kier alpha value is -3.34. The van der Waals surface area contributed by atoms with E-state index in [1.54, 1.807) is 38.5 Å². The molecule has 196 valence electrons. The van der Waals surface area contributed by atoms with Crippen LogP contribution in [-0.2, 0) is 10.0 Å². The van der Waals surface area contributed by atoms with Crippen LogP contribution in [0.15, 0.2) is 71.9 Å². The van der Waals surface area contributed by atoms with Crippen molar-refractivity contribution in [2.45, 2.75) is 30.9 Å². The van der Waals surface area contributed by atoms with Crippen molar-refractivity contribution in [3.63, 3.8) is 0 Å². The summed E-state index contributed by atoms with van der Waals surface area (Å²) in [4.78, 5) is 18.5. The zero-order chi connectivity index (χ0) is 26.7. The van der Waals surface area contributed by atoms with Gasteiger partial charge in [0.05, 0.1) is 13.2 Å². The van der Waals surface area contributed by atoms with E-state index >= 15 is 0 Å². The molecule has 1 aromatic heterocycles. The Morgan fingerprint density at radius 3 is 2.59 bits per heavy atom. The summed E-state index contributed by atoms with van der Waals surface area (Å²) in [6.07, 6.45) is 2.70. The Labute approximate surface area is 216 Å². The summed E-state index contributed by atoms with van der Waals surface area (Å²) < 4.78 is 48.6. The van der Waals surface area contributed by atoms with Crippen LogP contribution in [0.1, 0.15) is 24.2 Å². The summed E-state index contributed by atoms with van der Waals surface area (Å²) in [5.74, 6) is -1.07. The molecule has 37 heavy (non-hydrogen) atoms. The highest BCUT2D eigenvalue weighted by Crippen LogP contribution is 2.36. The van der Waals surface area contributed by atoms with E-state index in [0.717, 1.165) is 11.1 Å². The molecule has 1 aliphatic rings. The Morgan fingerprint density at radius 2 is 1.92 bits per heavy atom. The first kappa shape index (κ1) is 26.7. The van der Waals surface area contributed by atoms with E-state index in [0.29, 0.717) is 0 Å². The fourth-order valence-corrected chi connectivity index (χ4v) is 6.19. The molecule has 1 amide bonds. The highest BCUT2D eigenvalue weighted by molar-refractivity contribution is 7.89. The molecule has 3 aromatic rings. The van der Waals surface area contributed by atoms with Gasteiger partial charge in [0.25, 0.3) is 5.91 Å². The lowest BCUT2D eigenvalue weighted by molar-refractivity contribution is 0.0563. The zero-order valence-electron chi connectivity index (χ0n) is 20.9. The number of likely N-dealkylation sites (N-methyl/N-ethyl adjacent to an activating group) is 1. The molecule has 0 unspecified atom stereocenters. The molecule has 2 heterocycles. The van der Waals surface area contributed by atoms with Crippen molar-refractivity contribution in [1.29, 1.82) is 0 Å². The maximum Gasteiger partial charge on any atom is 0.253 e. The number of carbonyl (C=O) groups excluding carboxylic acids is 1. The Kier molecular flexibility index (Phi) is 7.91. The lowest BCUT2D eigenvalue weighted by Crippen LogP contribution is -2.50. The molecular weight excluding hydrogens is 497 g/mol. The largest absolute Gasteiger partial charge is 0.487 e. The highest BCUT2D eigenvalue weighted by atomic mass is 32.2. The second kappa shape index (κ2) is 11.0. The predicted molar refractivity (Wildman–Crippen MR) is 137 cm³/mol. The second-order valence-corrected chi connectivity index (χ2v) is 11.2. The van der Waals surface area contributed by atoms with Crippen LogP contribution in [0.4, 0.5) is 4.39 Å². The smallest absolute Gasteiger partial charge is 0.253 e. The first-order chi connectivity index (χ1) is 17.6. The number of fused-ring (bicyclic) bond motifs is 1. The van der Waals surface area contributed by atoms with Gasteiger partial charge in [0.2, 0.25) is 10.0 Å². The van der Waals surface area contributed by atoms with E-state index in [1.165, 1.54) is 39.5 Å². The number of pyridine rings is 1. The van der Waals surface area contributed by atoms with E-state index in [1.807, 2.05) is 19.1 Å². The molecule has 1 aliphatic heterocycles. The van der Waals surface area contributed by atoms with Crippen LogP contribution in [-0.4, -0.2) is 72.5 Å². The van der Waals surface area contributed by atoms with Gasteiger partial charge in [-0.05, 0) is 60.5 Å². The van der Waals surface area contributed by atoms with Gasteiger partial charge >= 0.3 is 0 Å². The number of aliphatic hydroxyl groups is 1. The minimum atomic E-state index is -3.99. The number of halogens is 1. The van der Waals surface area contributed by atoms with Crippen LogP contribution in [0.25, 0.3) is 11.1 Å². The van der Waals surface area contributed by atoms with Gasteiger partial charge in [0.15, 0.2) is 0 Å². The molecule has 0 fully saturated rings. The number of benzene rings is 2. The summed E-state index contributed by atoms with van der Waals surface area (Å²) in [6.45, 7) is 3.36. The molecule has 2 aromatic carbocycles. The number of ether oxygens (including phenoxy) is 1. The summed E-state index contributed by atoms with van der Waals surface area (Å²) in [7, 11) is -2.39. The monoisotopic (exact) mass is 527 g/mol. The lowest BCUT2D eigenvalue weighted by atomic mass is 10.0. The van der Waals surface area contributed by atoms with Gasteiger partial charge in [-0.1, -0.05) is 19.1 Å². The third-order valence-corrected chi connectivity index (χ3v) is 8.57. The first-order valence-corrected chi connectivity index (χ1v) is 13.4. The molecule has 8 nitrogen and oxygen atoms in total. The van der Waals surface area contributed by atoms with Crippen molar-refractivity contribution in [2.24, 2.45) is 5.92 Å². The molecule has 4 rings (SSSR count). The van der Waals surface area contributed by atoms with Crippen LogP contribution < -0.4 is 4.74 Å². The number of hydrogen-bond donors (Lipinski definition) is 1. The maximum atomic E-state index is 13.7. The number of aromatic nitrogens is 1. The molecule has 10 heteroatoms. The van der Waals surface area contributed by atoms with Gasteiger partial charge in [-0.25, -0.2) is 12.8 Å². The lowest BCUT2D eigenvalue weighted by Gasteiger charge is -2.37.